The van der Waals surface area contributed by atoms with Crippen LogP contribution in [-0.4, -0.2) is 63.0 Å². The van der Waals surface area contributed by atoms with Crippen molar-refractivity contribution in [1.29, 1.82) is 0 Å². The van der Waals surface area contributed by atoms with Gasteiger partial charge in [0.1, 0.15) is 30.2 Å². The molecule has 144 valence electrons. The minimum Gasteiger partial charge on any atom is -0.414 e. The lowest BCUT2D eigenvalue weighted by molar-refractivity contribution is -0.0491. The van der Waals surface area contributed by atoms with E-state index in [0.29, 0.717) is 11.2 Å². The minimum absolute atomic E-state index is 0.0452. The van der Waals surface area contributed by atoms with Crippen LogP contribution in [0.3, 0.4) is 0 Å². The van der Waals surface area contributed by atoms with Crippen molar-refractivity contribution in [2.24, 2.45) is 0 Å². The molecular weight excluding hydrogens is 354 g/mol. The number of hydrogen-bond acceptors (Lipinski definition) is 8. The zero-order valence-corrected chi connectivity index (χ0v) is 16.7. The summed E-state index contributed by atoms with van der Waals surface area (Å²) in [6.07, 6.45) is -0.852. The number of imidazole rings is 1. The Morgan fingerprint density at radius 1 is 1.23 bits per heavy atom. The van der Waals surface area contributed by atoms with Gasteiger partial charge in [0.2, 0.25) is 0 Å². The molecule has 0 radical (unpaired) electrons. The van der Waals surface area contributed by atoms with E-state index in [1.165, 1.54) is 12.7 Å². The van der Waals surface area contributed by atoms with Crippen molar-refractivity contribution in [3.05, 3.63) is 12.7 Å². The first-order valence-electron chi connectivity index (χ1n) is 8.61. The Balaban J connectivity index is 1.78. The molecule has 10 heteroatoms. The van der Waals surface area contributed by atoms with Gasteiger partial charge in [0.25, 0.3) is 0 Å². The number of anilines is 1. The molecule has 4 N–H and O–H groups in total. The maximum Gasteiger partial charge on any atom is 0.192 e. The predicted octanol–water partition coefficient (Wildman–Crippen LogP) is 1.05. The Labute approximate surface area is 153 Å². The van der Waals surface area contributed by atoms with Crippen LogP contribution in [-0.2, 0) is 9.16 Å². The monoisotopic (exact) mass is 381 g/mol. The van der Waals surface area contributed by atoms with Crippen LogP contribution in [0, 0.1) is 0 Å². The first kappa shape index (κ1) is 19.2. The summed E-state index contributed by atoms with van der Waals surface area (Å²) in [5.41, 5.74) is 6.67. The molecule has 0 bridgehead atoms. The van der Waals surface area contributed by atoms with E-state index in [-0.39, 0.29) is 17.5 Å². The van der Waals surface area contributed by atoms with Crippen LogP contribution in [0.5, 0.6) is 0 Å². The third-order valence-electron chi connectivity index (χ3n) is 5.41. The Kier molecular flexibility index (Phi) is 4.82. The molecule has 1 aliphatic rings. The second-order valence-electron chi connectivity index (χ2n) is 8.20. The van der Waals surface area contributed by atoms with Gasteiger partial charge in [0.15, 0.2) is 26.0 Å². The molecule has 26 heavy (non-hydrogen) atoms. The second-order valence-corrected chi connectivity index (χ2v) is 13.0. The van der Waals surface area contributed by atoms with E-state index < -0.39 is 32.9 Å². The summed E-state index contributed by atoms with van der Waals surface area (Å²) >= 11 is 0. The molecule has 1 fully saturated rings. The van der Waals surface area contributed by atoms with Gasteiger partial charge in [-0.25, -0.2) is 15.0 Å². The SMILES string of the molecule is CC(C)(C)[Si](C)(C)OCC1OC(n2cnc3c(N)ncnc32)[C@@H](O)[C@@H]1O. The standard InChI is InChI=1S/C16H27N5O4Si/c1-16(2,3)26(4,5)24-6-9-11(22)12(23)15(25-9)21-8-20-10-13(17)18-7-19-14(10)21/h7-9,11-12,15,22-23H,6H2,1-5H3,(H2,17,18,19)/t9?,11-,12+,15?/m1/s1. The van der Waals surface area contributed by atoms with E-state index in [2.05, 4.69) is 48.8 Å². The number of aliphatic hydroxyl groups excluding tert-OH is 2. The molecule has 1 aliphatic heterocycles. The Morgan fingerprint density at radius 3 is 2.58 bits per heavy atom. The summed E-state index contributed by atoms with van der Waals surface area (Å²) in [4.78, 5) is 12.2. The number of nitrogen functional groups attached to an aromatic ring is 1. The molecule has 0 aromatic carbocycles. The first-order valence-corrected chi connectivity index (χ1v) is 11.5. The average Bonchev–Trinajstić information content (AvgIpc) is 3.08. The summed E-state index contributed by atoms with van der Waals surface area (Å²) in [5, 5.41) is 20.9. The second kappa shape index (κ2) is 6.53. The van der Waals surface area contributed by atoms with Crippen LogP contribution in [0.2, 0.25) is 18.1 Å². The number of hydrogen-bond donors (Lipinski definition) is 3. The van der Waals surface area contributed by atoms with Crippen LogP contribution in [0.25, 0.3) is 11.2 Å². The largest absolute Gasteiger partial charge is 0.414 e. The fourth-order valence-corrected chi connectivity index (χ4v) is 3.67. The molecule has 0 aliphatic carbocycles. The van der Waals surface area contributed by atoms with Gasteiger partial charge in [0.05, 0.1) is 12.9 Å². The van der Waals surface area contributed by atoms with Crippen molar-refractivity contribution in [1.82, 2.24) is 19.5 Å². The van der Waals surface area contributed by atoms with Gasteiger partial charge < -0.3 is 25.1 Å². The third-order valence-corrected chi connectivity index (χ3v) is 9.91. The number of rotatable bonds is 4. The first-order chi connectivity index (χ1) is 12.0. The molecule has 1 saturated heterocycles. The van der Waals surface area contributed by atoms with Crippen molar-refractivity contribution < 1.29 is 19.4 Å². The highest BCUT2D eigenvalue weighted by Gasteiger charge is 2.46. The van der Waals surface area contributed by atoms with Gasteiger partial charge >= 0.3 is 0 Å². The van der Waals surface area contributed by atoms with Crippen molar-refractivity contribution >= 4 is 25.3 Å². The summed E-state index contributed by atoms with van der Waals surface area (Å²) in [7, 11) is -1.99. The van der Waals surface area contributed by atoms with E-state index >= 15 is 0 Å². The Bertz CT molecular complexity index is 791. The maximum absolute atomic E-state index is 10.5. The smallest absolute Gasteiger partial charge is 0.192 e. The van der Waals surface area contributed by atoms with Gasteiger partial charge in [-0.05, 0) is 18.1 Å². The molecule has 0 amide bonds. The van der Waals surface area contributed by atoms with E-state index in [0.717, 1.165) is 0 Å². The molecule has 0 saturated carbocycles. The van der Waals surface area contributed by atoms with Crippen LogP contribution in [0.1, 0.15) is 27.0 Å². The highest BCUT2D eigenvalue weighted by Crippen LogP contribution is 2.38. The number of nitrogens with two attached hydrogens (primary N) is 1. The highest BCUT2D eigenvalue weighted by molar-refractivity contribution is 6.74. The molecule has 3 rings (SSSR count). The van der Waals surface area contributed by atoms with E-state index in [1.807, 2.05) is 0 Å². The van der Waals surface area contributed by atoms with Crippen molar-refractivity contribution in [3.63, 3.8) is 0 Å². The quantitative estimate of drug-likeness (QED) is 0.670. The predicted molar refractivity (Wildman–Crippen MR) is 98.8 cm³/mol. The Morgan fingerprint density at radius 2 is 1.92 bits per heavy atom. The fraction of sp³-hybridized carbons (Fsp3) is 0.688. The topological polar surface area (TPSA) is 129 Å². The molecule has 2 aromatic heterocycles. The van der Waals surface area contributed by atoms with E-state index in [1.54, 1.807) is 4.57 Å². The fourth-order valence-electron chi connectivity index (χ4n) is 2.66. The van der Waals surface area contributed by atoms with Gasteiger partial charge in [-0.2, -0.15) is 0 Å². The Hall–Kier alpha value is -1.59. The molecule has 9 nitrogen and oxygen atoms in total. The van der Waals surface area contributed by atoms with Gasteiger partial charge in [-0.15, -0.1) is 0 Å². The van der Waals surface area contributed by atoms with E-state index in [9.17, 15) is 10.2 Å². The lowest BCUT2D eigenvalue weighted by Crippen LogP contribution is -2.44. The number of aliphatic hydroxyl groups is 2. The van der Waals surface area contributed by atoms with Crippen molar-refractivity contribution in [2.75, 3.05) is 12.3 Å². The zero-order valence-electron chi connectivity index (χ0n) is 15.7. The lowest BCUT2D eigenvalue weighted by Gasteiger charge is -2.37. The summed E-state index contributed by atoms with van der Waals surface area (Å²) in [6, 6.07) is 0. The normalized spacial score (nSPS) is 27.3. The summed E-state index contributed by atoms with van der Waals surface area (Å²) < 4.78 is 13.6. The minimum atomic E-state index is -1.99. The highest BCUT2D eigenvalue weighted by atomic mass is 28.4. The summed E-state index contributed by atoms with van der Waals surface area (Å²) in [5.74, 6) is 0.250. The summed E-state index contributed by atoms with van der Waals surface area (Å²) in [6.45, 7) is 10.9. The van der Waals surface area contributed by atoms with Gasteiger partial charge in [0, 0.05) is 0 Å². The van der Waals surface area contributed by atoms with E-state index in [4.69, 9.17) is 14.9 Å². The molecular formula is C16H27N5O4Si. The van der Waals surface area contributed by atoms with Crippen LogP contribution >= 0.6 is 0 Å². The number of nitrogens with zero attached hydrogens (tertiary/aromatic N) is 4. The number of fused-ring (bicyclic) bond motifs is 1. The van der Waals surface area contributed by atoms with Crippen LogP contribution in [0.4, 0.5) is 5.82 Å². The molecule has 4 atom stereocenters. The van der Waals surface area contributed by atoms with Crippen molar-refractivity contribution in [3.8, 4) is 0 Å². The molecule has 0 spiro atoms. The molecule has 3 heterocycles. The molecule has 2 aromatic rings. The van der Waals surface area contributed by atoms with Gasteiger partial charge in [-0.3, -0.25) is 4.57 Å². The number of ether oxygens (including phenoxy) is 1. The van der Waals surface area contributed by atoms with Crippen molar-refractivity contribution in [2.45, 2.75) is 63.4 Å². The molecule has 2 unspecified atom stereocenters. The lowest BCUT2D eigenvalue weighted by atomic mass is 10.1. The van der Waals surface area contributed by atoms with Crippen LogP contribution in [0.15, 0.2) is 12.7 Å². The number of aromatic nitrogens is 4. The average molecular weight is 382 g/mol. The maximum atomic E-state index is 10.5. The third kappa shape index (κ3) is 3.23. The zero-order chi connectivity index (χ0) is 19.3. The van der Waals surface area contributed by atoms with Gasteiger partial charge in [-0.1, -0.05) is 20.8 Å². The van der Waals surface area contributed by atoms with Crippen LogP contribution < -0.4 is 5.73 Å².